The summed E-state index contributed by atoms with van der Waals surface area (Å²) in [6, 6.07) is 2.12. The molecule has 0 saturated carbocycles. The van der Waals surface area contributed by atoms with E-state index in [-0.39, 0.29) is 22.7 Å². The highest BCUT2D eigenvalue weighted by molar-refractivity contribution is 7.89. The zero-order valence-corrected chi connectivity index (χ0v) is 19.0. The van der Waals surface area contributed by atoms with Gasteiger partial charge in [-0.25, -0.2) is 17.5 Å². The Morgan fingerprint density at radius 1 is 1.18 bits per heavy atom. The van der Waals surface area contributed by atoms with Crippen LogP contribution in [0.4, 0.5) is 5.69 Å². The Kier molecular flexibility index (Phi) is 6.42. The van der Waals surface area contributed by atoms with Gasteiger partial charge >= 0.3 is 5.69 Å². The summed E-state index contributed by atoms with van der Waals surface area (Å²) in [5.74, 6) is -1.62. The number of hydrogen-bond donors (Lipinski definition) is 1. The molecule has 0 aliphatic carbocycles. The first-order valence-electron chi connectivity index (χ1n) is 9.41. The number of nitro groups is 1. The fourth-order valence-corrected chi connectivity index (χ4v) is 5.40. The molecule has 0 radical (unpaired) electrons. The van der Waals surface area contributed by atoms with Crippen LogP contribution in [0.5, 0.6) is 0 Å². The van der Waals surface area contributed by atoms with E-state index in [1.165, 1.54) is 26.1 Å². The van der Waals surface area contributed by atoms with Crippen LogP contribution in [0.3, 0.4) is 0 Å². The third kappa shape index (κ3) is 4.66. The minimum Gasteiger partial charge on any atom is -0.330 e. The van der Waals surface area contributed by atoms with Crippen LogP contribution < -0.4 is 11.2 Å². The van der Waals surface area contributed by atoms with E-state index in [9.17, 15) is 37.7 Å². The molecule has 1 fully saturated rings. The van der Waals surface area contributed by atoms with Crippen LogP contribution in [-0.4, -0.2) is 63.5 Å². The van der Waals surface area contributed by atoms with E-state index < -0.39 is 68.2 Å². The van der Waals surface area contributed by atoms with E-state index >= 15 is 0 Å². The number of amides is 2. The summed E-state index contributed by atoms with van der Waals surface area (Å²) in [5, 5.41) is 11.4. The van der Waals surface area contributed by atoms with Gasteiger partial charge in [-0.2, -0.15) is 0 Å². The summed E-state index contributed by atoms with van der Waals surface area (Å²) in [5.41, 5.74) is -1.97. The first kappa shape index (κ1) is 24.1. The maximum Gasteiger partial charge on any atom is 0.328 e. The van der Waals surface area contributed by atoms with E-state index in [0.717, 1.165) is 15.5 Å². The number of carbonyl (C=O) groups is 2. The third-order valence-corrected chi connectivity index (χ3v) is 7.22. The predicted molar refractivity (Wildman–Crippen MR) is 114 cm³/mol. The summed E-state index contributed by atoms with van der Waals surface area (Å²) in [7, 11) is -4.61. The number of aromatic nitrogens is 2. The molecule has 176 valence electrons. The first-order valence-corrected chi connectivity index (χ1v) is 11.2. The van der Waals surface area contributed by atoms with Crippen LogP contribution >= 0.6 is 11.6 Å². The quantitative estimate of drug-likeness (QED) is 0.434. The second kappa shape index (κ2) is 8.78. The van der Waals surface area contributed by atoms with Gasteiger partial charge < -0.3 is 4.90 Å². The topological polar surface area (TPSA) is 173 Å². The summed E-state index contributed by atoms with van der Waals surface area (Å²) < 4.78 is 27.7. The minimum atomic E-state index is -4.61. The number of halogens is 1. The molecule has 1 N–H and O–H groups in total. The zero-order valence-electron chi connectivity index (χ0n) is 17.4. The molecule has 1 aromatic carbocycles. The predicted octanol–water partition coefficient (Wildman–Crippen LogP) is -0.225. The molecular formula is C18H18ClN5O8S. The Balaban J connectivity index is 1.84. The number of rotatable bonds is 5. The van der Waals surface area contributed by atoms with Gasteiger partial charge in [-0.15, -0.1) is 0 Å². The highest BCUT2D eigenvalue weighted by atomic mass is 35.5. The number of nitro benzene ring substituents is 1. The van der Waals surface area contributed by atoms with E-state index in [4.69, 9.17) is 11.6 Å². The van der Waals surface area contributed by atoms with Crippen molar-refractivity contribution in [2.75, 3.05) is 19.6 Å². The molecule has 1 aliphatic rings. The van der Waals surface area contributed by atoms with Crippen LogP contribution in [0.2, 0.25) is 5.02 Å². The van der Waals surface area contributed by atoms with E-state index in [1.807, 2.05) is 0 Å². The average Bonchev–Trinajstić information content (AvgIpc) is 2.70. The van der Waals surface area contributed by atoms with Crippen LogP contribution in [0.25, 0.3) is 0 Å². The van der Waals surface area contributed by atoms with Crippen LogP contribution in [0.1, 0.15) is 11.1 Å². The largest absolute Gasteiger partial charge is 0.330 e. The second-order valence-corrected chi connectivity index (χ2v) is 9.55. The minimum absolute atomic E-state index is 0.00618. The van der Waals surface area contributed by atoms with Crippen molar-refractivity contribution in [3.8, 4) is 0 Å². The normalized spacial score (nSPS) is 14.5. The summed E-state index contributed by atoms with van der Waals surface area (Å²) >= 11 is 5.81. The lowest BCUT2D eigenvalue weighted by atomic mass is 10.2. The average molecular weight is 500 g/mol. The Hall–Kier alpha value is -3.52. The van der Waals surface area contributed by atoms with Gasteiger partial charge in [0, 0.05) is 29.4 Å². The number of aromatic amines is 1. The molecule has 2 amide bonds. The molecular weight excluding hydrogens is 482 g/mol. The lowest BCUT2D eigenvalue weighted by Crippen LogP contribution is -2.55. The van der Waals surface area contributed by atoms with Crippen molar-refractivity contribution in [2.45, 2.75) is 25.3 Å². The molecule has 0 unspecified atom stereocenters. The number of H-pyrrole nitrogens is 1. The molecule has 1 saturated heterocycles. The number of sulfonamides is 1. The molecule has 0 bridgehead atoms. The third-order valence-electron chi connectivity index (χ3n) is 4.99. The molecule has 2 aromatic rings. The maximum absolute atomic E-state index is 13.1. The lowest BCUT2D eigenvalue weighted by Gasteiger charge is -2.33. The molecule has 0 atom stereocenters. The van der Waals surface area contributed by atoms with Gasteiger partial charge in [0.1, 0.15) is 13.1 Å². The van der Waals surface area contributed by atoms with Crippen LogP contribution in [-0.2, 0) is 26.2 Å². The van der Waals surface area contributed by atoms with Gasteiger partial charge in [0.05, 0.1) is 11.5 Å². The molecule has 0 spiro atoms. The van der Waals surface area contributed by atoms with Crippen molar-refractivity contribution in [1.82, 2.24) is 18.8 Å². The molecule has 1 aliphatic heterocycles. The number of piperazine rings is 1. The van der Waals surface area contributed by atoms with Gasteiger partial charge in [-0.05, 0) is 25.5 Å². The van der Waals surface area contributed by atoms with Crippen molar-refractivity contribution >= 4 is 39.1 Å². The SMILES string of the molecule is Cc1cc(Cl)cc([N+](=O)[O-])c1S(=O)(=O)N1CCN(C(=O)Cn2cc(C)c(=O)[nH]c2=O)CC1=O. The molecule has 1 aromatic heterocycles. The van der Waals surface area contributed by atoms with Gasteiger partial charge in [-0.1, -0.05) is 11.6 Å². The smallest absolute Gasteiger partial charge is 0.328 e. The Labute approximate surface area is 191 Å². The van der Waals surface area contributed by atoms with Gasteiger partial charge in [-0.3, -0.25) is 34.0 Å². The summed E-state index contributed by atoms with van der Waals surface area (Å²) in [4.78, 5) is 61.5. The number of nitrogens with zero attached hydrogens (tertiary/aromatic N) is 4. The maximum atomic E-state index is 13.1. The van der Waals surface area contributed by atoms with Gasteiger partial charge in [0.15, 0.2) is 4.90 Å². The van der Waals surface area contributed by atoms with E-state index in [2.05, 4.69) is 4.98 Å². The molecule has 2 heterocycles. The monoisotopic (exact) mass is 499 g/mol. The standard InChI is InChI=1S/C18H18ClN5O8S/c1-10-5-12(19)6-13(24(29)30)16(10)33(31,32)23-4-3-21(9-15(23)26)14(25)8-22-7-11(2)17(27)20-18(22)28/h5-7H,3-4,8-9H2,1-2H3,(H,20,27,28). The Morgan fingerprint density at radius 3 is 2.45 bits per heavy atom. The second-order valence-electron chi connectivity index (χ2n) is 7.31. The first-order chi connectivity index (χ1) is 15.3. The summed E-state index contributed by atoms with van der Waals surface area (Å²) in [6.45, 7) is 1.05. The van der Waals surface area contributed by atoms with Gasteiger partial charge in [0.2, 0.25) is 5.91 Å². The van der Waals surface area contributed by atoms with Gasteiger partial charge in [0.25, 0.3) is 27.2 Å². The highest BCUT2D eigenvalue weighted by Crippen LogP contribution is 2.33. The highest BCUT2D eigenvalue weighted by Gasteiger charge is 2.40. The Bertz CT molecular complexity index is 1400. The van der Waals surface area contributed by atoms with Crippen LogP contribution in [0, 0.1) is 24.0 Å². The number of aryl methyl sites for hydroxylation is 2. The number of carbonyl (C=O) groups excluding carboxylic acids is 2. The van der Waals surface area contributed by atoms with Crippen molar-refractivity contribution < 1.29 is 22.9 Å². The zero-order chi connectivity index (χ0) is 24.7. The van der Waals surface area contributed by atoms with E-state index in [1.54, 1.807) is 0 Å². The molecule has 3 rings (SSSR count). The molecule has 13 nitrogen and oxygen atoms in total. The molecule has 15 heteroatoms. The number of benzene rings is 1. The Morgan fingerprint density at radius 2 is 1.85 bits per heavy atom. The van der Waals surface area contributed by atoms with Crippen molar-refractivity contribution in [1.29, 1.82) is 0 Å². The van der Waals surface area contributed by atoms with Crippen molar-refractivity contribution in [3.05, 3.63) is 65.4 Å². The number of hydrogen-bond acceptors (Lipinski definition) is 8. The lowest BCUT2D eigenvalue weighted by molar-refractivity contribution is -0.387. The van der Waals surface area contributed by atoms with Crippen molar-refractivity contribution in [2.24, 2.45) is 0 Å². The van der Waals surface area contributed by atoms with Crippen molar-refractivity contribution in [3.63, 3.8) is 0 Å². The summed E-state index contributed by atoms with van der Waals surface area (Å²) in [6.07, 6.45) is 1.20. The molecule has 33 heavy (non-hydrogen) atoms. The number of nitrogens with one attached hydrogen (secondary N) is 1. The van der Waals surface area contributed by atoms with E-state index in [0.29, 0.717) is 4.31 Å². The fraction of sp³-hybridized carbons (Fsp3) is 0.333. The van der Waals surface area contributed by atoms with Crippen LogP contribution in [0.15, 0.2) is 32.8 Å². The fourth-order valence-electron chi connectivity index (χ4n) is 3.40.